The van der Waals surface area contributed by atoms with Gasteiger partial charge in [-0.1, -0.05) is 0 Å². The molecule has 0 spiro atoms. The quantitative estimate of drug-likeness (QED) is 0.697. The summed E-state index contributed by atoms with van der Waals surface area (Å²) in [7, 11) is 4.44. The van der Waals surface area contributed by atoms with Crippen molar-refractivity contribution in [2.45, 2.75) is 6.92 Å². The molecule has 8 heteroatoms. The molecule has 128 valence electrons. The molecule has 2 amide bonds. The maximum atomic E-state index is 12.1. The van der Waals surface area contributed by atoms with E-state index in [1.54, 1.807) is 19.1 Å². The van der Waals surface area contributed by atoms with Crippen LogP contribution in [0.4, 0.5) is 4.79 Å². The summed E-state index contributed by atoms with van der Waals surface area (Å²) in [5, 5.41) is 5.18. The van der Waals surface area contributed by atoms with Crippen LogP contribution in [0, 0.1) is 0 Å². The van der Waals surface area contributed by atoms with Crippen LogP contribution >= 0.6 is 0 Å². The molecule has 0 heterocycles. The highest BCUT2D eigenvalue weighted by Gasteiger charge is 2.16. The Bertz CT molecular complexity index is 522. The lowest BCUT2D eigenvalue weighted by Gasteiger charge is -2.14. The van der Waals surface area contributed by atoms with E-state index in [9.17, 15) is 9.59 Å². The van der Waals surface area contributed by atoms with Crippen LogP contribution in [0.3, 0.4) is 0 Å². The summed E-state index contributed by atoms with van der Waals surface area (Å²) in [4.78, 5) is 23.2. The molecule has 0 saturated heterocycles. The van der Waals surface area contributed by atoms with Crippen LogP contribution in [0.2, 0.25) is 0 Å². The van der Waals surface area contributed by atoms with Gasteiger partial charge in [0.05, 0.1) is 27.9 Å². The zero-order valence-corrected chi connectivity index (χ0v) is 13.7. The van der Waals surface area contributed by atoms with Crippen molar-refractivity contribution < 1.29 is 28.5 Å². The molecule has 0 aliphatic heterocycles. The van der Waals surface area contributed by atoms with Gasteiger partial charge in [-0.15, -0.1) is 0 Å². The van der Waals surface area contributed by atoms with Gasteiger partial charge in [-0.25, -0.2) is 4.79 Å². The lowest BCUT2D eigenvalue weighted by molar-refractivity contribution is 0.0951. The molecule has 1 aromatic carbocycles. The van der Waals surface area contributed by atoms with Crippen LogP contribution in [0.1, 0.15) is 17.3 Å². The first-order valence-corrected chi connectivity index (χ1v) is 7.06. The predicted molar refractivity (Wildman–Crippen MR) is 83.5 cm³/mol. The number of ether oxygens (including phenoxy) is 4. The first kappa shape index (κ1) is 18.4. The first-order valence-electron chi connectivity index (χ1n) is 7.06. The molecule has 0 aliphatic carbocycles. The molecule has 0 fully saturated rings. The molecular weight excluding hydrogens is 304 g/mol. The number of methoxy groups -OCH3 is 3. The fourth-order valence-electron chi connectivity index (χ4n) is 1.84. The number of carbonyl (C=O) groups excluding carboxylic acids is 2. The maximum absolute atomic E-state index is 12.1. The van der Waals surface area contributed by atoms with Crippen LogP contribution in [0.5, 0.6) is 17.2 Å². The van der Waals surface area contributed by atoms with E-state index in [-0.39, 0.29) is 19.0 Å². The smallest absolute Gasteiger partial charge is 0.407 e. The van der Waals surface area contributed by atoms with Gasteiger partial charge in [-0.2, -0.15) is 0 Å². The highest BCUT2D eigenvalue weighted by atomic mass is 16.5. The van der Waals surface area contributed by atoms with Gasteiger partial charge in [0.1, 0.15) is 0 Å². The van der Waals surface area contributed by atoms with Crippen LogP contribution < -0.4 is 24.8 Å². The Morgan fingerprint density at radius 3 is 2.00 bits per heavy atom. The number of benzene rings is 1. The van der Waals surface area contributed by atoms with E-state index in [2.05, 4.69) is 10.6 Å². The molecule has 23 heavy (non-hydrogen) atoms. The monoisotopic (exact) mass is 326 g/mol. The van der Waals surface area contributed by atoms with E-state index in [0.29, 0.717) is 29.4 Å². The summed E-state index contributed by atoms with van der Waals surface area (Å²) in [5.74, 6) is 0.869. The third-order valence-corrected chi connectivity index (χ3v) is 2.88. The van der Waals surface area contributed by atoms with Crippen molar-refractivity contribution in [2.75, 3.05) is 41.0 Å². The second-order valence-corrected chi connectivity index (χ2v) is 4.32. The van der Waals surface area contributed by atoms with Crippen molar-refractivity contribution in [3.8, 4) is 17.2 Å². The Kier molecular flexibility index (Phi) is 7.52. The Labute approximate surface area is 135 Å². The van der Waals surface area contributed by atoms with E-state index in [4.69, 9.17) is 18.9 Å². The molecule has 0 radical (unpaired) electrons. The average Bonchev–Trinajstić information content (AvgIpc) is 2.57. The number of amides is 2. The van der Waals surface area contributed by atoms with Crippen molar-refractivity contribution in [3.05, 3.63) is 17.7 Å². The molecule has 0 atom stereocenters. The van der Waals surface area contributed by atoms with Gasteiger partial charge in [-0.3, -0.25) is 4.79 Å². The van der Waals surface area contributed by atoms with E-state index in [0.717, 1.165) is 0 Å². The van der Waals surface area contributed by atoms with E-state index in [1.807, 2.05) is 0 Å². The van der Waals surface area contributed by atoms with Gasteiger partial charge >= 0.3 is 6.09 Å². The number of hydrogen-bond acceptors (Lipinski definition) is 6. The zero-order valence-electron chi connectivity index (χ0n) is 13.7. The number of carbonyl (C=O) groups is 2. The van der Waals surface area contributed by atoms with Gasteiger partial charge in [0, 0.05) is 18.7 Å². The van der Waals surface area contributed by atoms with Crippen LogP contribution in [-0.2, 0) is 4.74 Å². The molecular formula is C15H22N2O6. The van der Waals surface area contributed by atoms with Gasteiger partial charge in [0.25, 0.3) is 5.91 Å². The minimum absolute atomic E-state index is 0.258. The molecule has 0 saturated carbocycles. The molecule has 8 nitrogen and oxygen atoms in total. The van der Waals surface area contributed by atoms with Crippen LogP contribution in [0.25, 0.3) is 0 Å². The number of alkyl carbamates (subject to hydrolysis) is 1. The summed E-state index contributed by atoms with van der Waals surface area (Å²) in [6, 6.07) is 3.10. The van der Waals surface area contributed by atoms with Gasteiger partial charge < -0.3 is 29.6 Å². The minimum Gasteiger partial charge on any atom is -0.493 e. The number of rotatable bonds is 8. The Morgan fingerprint density at radius 2 is 1.52 bits per heavy atom. The van der Waals surface area contributed by atoms with Gasteiger partial charge in [0.2, 0.25) is 5.75 Å². The summed E-state index contributed by atoms with van der Waals surface area (Å²) in [6.45, 7) is 2.53. The van der Waals surface area contributed by atoms with Crippen molar-refractivity contribution in [1.29, 1.82) is 0 Å². The van der Waals surface area contributed by atoms with E-state index >= 15 is 0 Å². The molecule has 0 aromatic heterocycles. The van der Waals surface area contributed by atoms with Crippen LogP contribution in [0.15, 0.2) is 12.1 Å². The Morgan fingerprint density at radius 1 is 0.957 bits per heavy atom. The molecule has 0 bridgehead atoms. The van der Waals surface area contributed by atoms with E-state index in [1.165, 1.54) is 21.3 Å². The van der Waals surface area contributed by atoms with Crippen molar-refractivity contribution in [3.63, 3.8) is 0 Å². The molecule has 0 aliphatic rings. The highest BCUT2D eigenvalue weighted by molar-refractivity contribution is 5.95. The number of hydrogen-bond donors (Lipinski definition) is 2. The highest BCUT2D eigenvalue weighted by Crippen LogP contribution is 2.38. The second-order valence-electron chi connectivity index (χ2n) is 4.32. The standard InChI is InChI=1S/C15H22N2O6/c1-5-23-15(19)17-7-6-16-14(18)10-8-11(20-2)13(22-4)12(9-10)21-3/h8-9H,5-7H2,1-4H3,(H,16,18)(H,17,19). The number of nitrogens with one attached hydrogen (secondary N) is 2. The maximum Gasteiger partial charge on any atom is 0.407 e. The zero-order chi connectivity index (χ0) is 17.2. The Hall–Kier alpha value is -2.64. The summed E-state index contributed by atoms with van der Waals surface area (Å²) >= 11 is 0. The lowest BCUT2D eigenvalue weighted by atomic mass is 10.1. The first-order chi connectivity index (χ1) is 11.1. The summed E-state index contributed by atoms with van der Waals surface area (Å²) in [5.41, 5.74) is 0.357. The molecule has 1 rings (SSSR count). The average molecular weight is 326 g/mol. The fraction of sp³-hybridized carbons (Fsp3) is 0.467. The third kappa shape index (κ3) is 5.24. The predicted octanol–water partition coefficient (Wildman–Crippen LogP) is 1.19. The van der Waals surface area contributed by atoms with Gasteiger partial charge in [0.15, 0.2) is 11.5 Å². The summed E-state index contributed by atoms with van der Waals surface area (Å²) in [6.07, 6.45) is -0.519. The normalized spacial score (nSPS) is 9.74. The summed E-state index contributed by atoms with van der Waals surface area (Å²) < 4.78 is 20.3. The van der Waals surface area contributed by atoms with E-state index < -0.39 is 6.09 Å². The van der Waals surface area contributed by atoms with Crippen LogP contribution in [-0.4, -0.2) is 53.0 Å². The molecule has 2 N–H and O–H groups in total. The second kappa shape index (κ2) is 9.39. The largest absolute Gasteiger partial charge is 0.493 e. The van der Waals surface area contributed by atoms with Crippen molar-refractivity contribution in [2.24, 2.45) is 0 Å². The molecule has 1 aromatic rings. The van der Waals surface area contributed by atoms with Crippen molar-refractivity contribution in [1.82, 2.24) is 10.6 Å². The Balaban J connectivity index is 2.67. The third-order valence-electron chi connectivity index (χ3n) is 2.88. The SMILES string of the molecule is CCOC(=O)NCCNC(=O)c1cc(OC)c(OC)c(OC)c1. The van der Waals surface area contributed by atoms with Gasteiger partial charge in [-0.05, 0) is 19.1 Å². The molecule has 0 unspecified atom stereocenters. The van der Waals surface area contributed by atoms with Crippen molar-refractivity contribution >= 4 is 12.0 Å². The fourth-order valence-corrected chi connectivity index (χ4v) is 1.84. The lowest BCUT2D eigenvalue weighted by Crippen LogP contribution is -2.35. The minimum atomic E-state index is -0.519. The topological polar surface area (TPSA) is 95.1 Å².